The van der Waals surface area contributed by atoms with E-state index in [1.54, 1.807) is 0 Å². The molecule has 0 aromatic carbocycles. The molecule has 0 spiro atoms. The van der Waals surface area contributed by atoms with Crippen LogP contribution in [0.1, 0.15) is 34.6 Å². The predicted molar refractivity (Wildman–Crippen MR) is 102 cm³/mol. The van der Waals surface area contributed by atoms with E-state index >= 15 is 0 Å². The summed E-state index contributed by atoms with van der Waals surface area (Å²) in [7, 11) is 0. The molecular weight excluding hydrogens is 420 g/mol. The van der Waals surface area contributed by atoms with Crippen LogP contribution in [0.5, 0.6) is 0 Å². The normalized spacial score (nSPS) is 10.7. The zero-order chi connectivity index (χ0) is 23.8. The van der Waals surface area contributed by atoms with Crippen LogP contribution in [0.3, 0.4) is 0 Å². The Bertz CT molecular complexity index is 523. The van der Waals surface area contributed by atoms with E-state index in [1.807, 2.05) is 0 Å². The first-order chi connectivity index (χ1) is 14.5. The minimum absolute atomic E-state index is 0.180. The summed E-state index contributed by atoms with van der Waals surface area (Å²) in [5.74, 6) is -2.79. The summed E-state index contributed by atoms with van der Waals surface area (Å²) in [6.45, 7) is 4.95. The molecule has 178 valence electrons. The van der Waals surface area contributed by atoms with Crippen molar-refractivity contribution in [2.45, 2.75) is 52.9 Å². The molecule has 0 bridgehead atoms. The number of hydrogen-bond donors (Lipinski definition) is 0. The number of rotatable bonds is 15. The van der Waals surface area contributed by atoms with Gasteiger partial charge >= 0.3 is 29.8 Å². The van der Waals surface area contributed by atoms with Gasteiger partial charge in [0.05, 0.1) is 13.2 Å². The monoisotopic (exact) mass is 450 g/mol. The number of hydrogen-bond acceptors (Lipinski definition) is 12. The fraction of sp³-hybridized carbons (Fsp3) is 0.737. The largest absolute Gasteiger partial charge is 0.463 e. The summed E-state index contributed by atoms with van der Waals surface area (Å²) in [5, 5.41) is 0. The molecule has 0 aliphatic rings. The van der Waals surface area contributed by atoms with Crippen LogP contribution in [0.25, 0.3) is 0 Å². The molecule has 0 saturated heterocycles. The van der Waals surface area contributed by atoms with E-state index in [2.05, 4.69) is 0 Å². The molecular formula is C19H30O12. The van der Waals surface area contributed by atoms with Crippen molar-refractivity contribution in [2.75, 3.05) is 39.6 Å². The standard InChI is InChI=1S/C19H30O12/c1-12(20)25-6-17(7-26-13(2)21)29-10-19(31-16(5)24)11-30-18(8-27-14(3)22)9-28-15(4)23/h17-19H,6-11H2,1-5H3. The van der Waals surface area contributed by atoms with Crippen LogP contribution in [-0.2, 0) is 57.1 Å². The van der Waals surface area contributed by atoms with E-state index in [-0.39, 0.29) is 39.6 Å². The van der Waals surface area contributed by atoms with Gasteiger partial charge in [0.1, 0.15) is 44.7 Å². The van der Waals surface area contributed by atoms with Gasteiger partial charge in [0, 0.05) is 34.6 Å². The Kier molecular flexibility index (Phi) is 14.6. The first kappa shape index (κ1) is 28.3. The van der Waals surface area contributed by atoms with E-state index in [4.69, 9.17) is 33.2 Å². The summed E-state index contributed by atoms with van der Waals surface area (Å²) in [6.07, 6.45) is -2.50. The minimum atomic E-state index is -0.896. The van der Waals surface area contributed by atoms with E-state index in [1.165, 1.54) is 34.6 Å². The van der Waals surface area contributed by atoms with Crippen LogP contribution >= 0.6 is 0 Å². The summed E-state index contributed by atoms with van der Waals surface area (Å²) >= 11 is 0. The number of ether oxygens (including phenoxy) is 7. The maximum absolute atomic E-state index is 11.4. The molecule has 0 aromatic heterocycles. The SMILES string of the molecule is CC(=O)OCC(COC(C)=O)OCC(COC(COC(C)=O)COC(C)=O)OC(C)=O. The van der Waals surface area contributed by atoms with Crippen LogP contribution in [0.2, 0.25) is 0 Å². The average Bonchev–Trinajstić information content (AvgIpc) is 2.65. The number of carbonyl (C=O) groups is 5. The van der Waals surface area contributed by atoms with Crippen LogP contribution in [-0.4, -0.2) is 87.8 Å². The van der Waals surface area contributed by atoms with Crippen molar-refractivity contribution in [3.05, 3.63) is 0 Å². The molecule has 0 amide bonds. The molecule has 12 heteroatoms. The lowest BCUT2D eigenvalue weighted by atomic mass is 10.3. The van der Waals surface area contributed by atoms with Gasteiger partial charge in [-0.2, -0.15) is 0 Å². The molecule has 0 aliphatic carbocycles. The maximum Gasteiger partial charge on any atom is 0.303 e. The fourth-order valence-corrected chi connectivity index (χ4v) is 1.97. The zero-order valence-electron chi connectivity index (χ0n) is 18.4. The third-order valence-electron chi connectivity index (χ3n) is 3.26. The molecule has 0 saturated carbocycles. The van der Waals surface area contributed by atoms with Gasteiger partial charge in [0.25, 0.3) is 0 Å². The fourth-order valence-electron chi connectivity index (χ4n) is 1.97. The Morgan fingerprint density at radius 3 is 0.968 bits per heavy atom. The van der Waals surface area contributed by atoms with Gasteiger partial charge in [-0.1, -0.05) is 0 Å². The smallest absolute Gasteiger partial charge is 0.303 e. The molecule has 0 unspecified atom stereocenters. The van der Waals surface area contributed by atoms with Gasteiger partial charge in [-0.05, 0) is 0 Å². The molecule has 12 nitrogen and oxygen atoms in total. The Hall–Kier alpha value is -2.73. The topological polar surface area (TPSA) is 150 Å². The third-order valence-corrected chi connectivity index (χ3v) is 3.26. The molecule has 0 N–H and O–H groups in total. The number of carbonyl (C=O) groups excluding carboxylic acids is 5. The lowest BCUT2D eigenvalue weighted by Crippen LogP contribution is -2.37. The maximum atomic E-state index is 11.4. The Balaban J connectivity index is 4.90. The van der Waals surface area contributed by atoms with Crippen LogP contribution in [0, 0.1) is 0 Å². The molecule has 0 radical (unpaired) electrons. The van der Waals surface area contributed by atoms with E-state index in [0.717, 1.165) is 0 Å². The van der Waals surface area contributed by atoms with Gasteiger partial charge in [-0.3, -0.25) is 24.0 Å². The van der Waals surface area contributed by atoms with Gasteiger partial charge < -0.3 is 33.2 Å². The lowest BCUT2D eigenvalue weighted by Gasteiger charge is -2.24. The van der Waals surface area contributed by atoms with Gasteiger partial charge in [0.2, 0.25) is 0 Å². The Morgan fingerprint density at radius 1 is 0.452 bits per heavy atom. The molecule has 31 heavy (non-hydrogen) atoms. The van der Waals surface area contributed by atoms with Crippen molar-refractivity contribution in [1.29, 1.82) is 0 Å². The highest BCUT2D eigenvalue weighted by Gasteiger charge is 2.22. The Labute approximate surface area is 180 Å². The molecule has 0 aliphatic heterocycles. The summed E-state index contributed by atoms with van der Waals surface area (Å²) in [6, 6.07) is 0. The van der Waals surface area contributed by atoms with Crippen LogP contribution in [0.4, 0.5) is 0 Å². The summed E-state index contributed by atoms with van der Waals surface area (Å²) in [5.41, 5.74) is 0. The third kappa shape index (κ3) is 17.8. The molecule has 0 fully saturated rings. The van der Waals surface area contributed by atoms with Gasteiger partial charge in [-0.15, -0.1) is 0 Å². The predicted octanol–water partition coefficient (Wildman–Crippen LogP) is -0.0591. The quantitative estimate of drug-likeness (QED) is 0.243. The first-order valence-electron chi connectivity index (χ1n) is 9.43. The van der Waals surface area contributed by atoms with Crippen molar-refractivity contribution in [1.82, 2.24) is 0 Å². The highest BCUT2D eigenvalue weighted by molar-refractivity contribution is 5.67. The summed E-state index contributed by atoms with van der Waals surface area (Å²) in [4.78, 5) is 55.5. The molecule has 0 aromatic rings. The van der Waals surface area contributed by atoms with Crippen molar-refractivity contribution in [2.24, 2.45) is 0 Å². The highest BCUT2D eigenvalue weighted by Crippen LogP contribution is 2.05. The van der Waals surface area contributed by atoms with Crippen molar-refractivity contribution in [3.63, 3.8) is 0 Å². The van der Waals surface area contributed by atoms with Crippen molar-refractivity contribution < 1.29 is 57.1 Å². The Morgan fingerprint density at radius 2 is 0.742 bits per heavy atom. The van der Waals surface area contributed by atoms with Crippen LogP contribution in [0.15, 0.2) is 0 Å². The van der Waals surface area contributed by atoms with E-state index < -0.39 is 48.2 Å². The molecule has 0 atom stereocenters. The summed E-state index contributed by atoms with van der Waals surface area (Å²) < 4.78 is 35.7. The van der Waals surface area contributed by atoms with E-state index in [9.17, 15) is 24.0 Å². The van der Waals surface area contributed by atoms with Crippen LogP contribution < -0.4 is 0 Å². The zero-order valence-corrected chi connectivity index (χ0v) is 18.4. The lowest BCUT2D eigenvalue weighted by molar-refractivity contribution is -0.167. The van der Waals surface area contributed by atoms with Crippen molar-refractivity contribution >= 4 is 29.8 Å². The average molecular weight is 450 g/mol. The van der Waals surface area contributed by atoms with E-state index in [0.29, 0.717) is 0 Å². The number of esters is 5. The molecule has 0 heterocycles. The van der Waals surface area contributed by atoms with Gasteiger partial charge in [-0.25, -0.2) is 0 Å². The molecule has 0 rings (SSSR count). The highest BCUT2D eigenvalue weighted by atomic mass is 16.6. The second-order valence-corrected chi connectivity index (χ2v) is 6.35. The minimum Gasteiger partial charge on any atom is -0.463 e. The van der Waals surface area contributed by atoms with Crippen molar-refractivity contribution in [3.8, 4) is 0 Å². The second-order valence-electron chi connectivity index (χ2n) is 6.35. The first-order valence-corrected chi connectivity index (χ1v) is 9.43. The second kappa shape index (κ2) is 16.0. The van der Waals surface area contributed by atoms with Gasteiger partial charge in [0.15, 0.2) is 0 Å².